The van der Waals surface area contributed by atoms with E-state index in [9.17, 15) is 9.59 Å². The topological polar surface area (TPSA) is 79.3 Å². The van der Waals surface area contributed by atoms with Crippen molar-refractivity contribution >= 4 is 33.6 Å². The highest BCUT2D eigenvalue weighted by atomic mass is 79.9. The van der Waals surface area contributed by atoms with Crippen LogP contribution in [0.5, 0.6) is 0 Å². The smallest absolute Gasteiger partial charge is 0.306 e. The van der Waals surface area contributed by atoms with Gasteiger partial charge in [-0.25, -0.2) is 4.98 Å². The molecule has 1 heterocycles. The lowest BCUT2D eigenvalue weighted by Crippen LogP contribution is -2.22. The molecular formula is C12H13BrN2O3. The summed E-state index contributed by atoms with van der Waals surface area (Å²) in [6.07, 6.45) is 3.21. The molecule has 1 fully saturated rings. The Hall–Kier alpha value is -1.43. The van der Waals surface area contributed by atoms with Crippen LogP contribution in [-0.2, 0) is 9.59 Å². The monoisotopic (exact) mass is 312 g/mol. The number of carbonyl (C=O) groups is 2. The summed E-state index contributed by atoms with van der Waals surface area (Å²) in [4.78, 5) is 26.8. The molecule has 0 spiro atoms. The van der Waals surface area contributed by atoms with Gasteiger partial charge in [0.2, 0.25) is 5.91 Å². The maximum absolute atomic E-state index is 11.9. The Balaban J connectivity index is 1.93. The van der Waals surface area contributed by atoms with Crippen LogP contribution in [0.1, 0.15) is 19.3 Å². The molecule has 0 saturated heterocycles. The fourth-order valence-corrected chi connectivity index (χ4v) is 2.36. The summed E-state index contributed by atoms with van der Waals surface area (Å²) in [6.45, 7) is 0. The molecule has 6 heteroatoms. The molecule has 2 N–H and O–H groups in total. The van der Waals surface area contributed by atoms with Gasteiger partial charge in [0.15, 0.2) is 0 Å². The van der Waals surface area contributed by atoms with E-state index in [1.54, 1.807) is 18.3 Å². The average Bonchev–Trinajstić information content (AvgIpc) is 2.81. The fraction of sp³-hybridized carbons (Fsp3) is 0.417. The molecule has 18 heavy (non-hydrogen) atoms. The van der Waals surface area contributed by atoms with Crippen molar-refractivity contribution in [2.24, 2.45) is 11.8 Å². The number of carboxylic acids is 1. The van der Waals surface area contributed by atoms with Gasteiger partial charge >= 0.3 is 5.97 Å². The van der Waals surface area contributed by atoms with E-state index in [0.717, 1.165) is 4.47 Å². The zero-order valence-corrected chi connectivity index (χ0v) is 11.2. The van der Waals surface area contributed by atoms with Crippen molar-refractivity contribution < 1.29 is 14.7 Å². The van der Waals surface area contributed by atoms with Gasteiger partial charge in [-0.2, -0.15) is 0 Å². The Labute approximate surface area is 113 Å². The standard InChI is InChI=1S/C12H13BrN2O3/c13-9-3-4-10(14-6-9)15-11(16)7-1-2-8(5-7)12(17)18/h3-4,6-8H,1-2,5H2,(H,17,18)(H,14,15,16)/t7-,8-/m0/s1. The number of halogens is 1. The van der Waals surface area contributed by atoms with E-state index in [-0.39, 0.29) is 11.8 Å². The van der Waals surface area contributed by atoms with E-state index in [0.29, 0.717) is 25.1 Å². The minimum atomic E-state index is -0.813. The van der Waals surface area contributed by atoms with Crippen LogP contribution in [0.25, 0.3) is 0 Å². The third kappa shape index (κ3) is 3.07. The van der Waals surface area contributed by atoms with Gasteiger partial charge in [0.25, 0.3) is 0 Å². The van der Waals surface area contributed by atoms with Crippen LogP contribution >= 0.6 is 15.9 Å². The van der Waals surface area contributed by atoms with E-state index in [1.165, 1.54) is 0 Å². The average molecular weight is 313 g/mol. The third-order valence-electron chi connectivity index (χ3n) is 3.13. The first-order valence-corrected chi connectivity index (χ1v) is 6.51. The quantitative estimate of drug-likeness (QED) is 0.897. The summed E-state index contributed by atoms with van der Waals surface area (Å²) in [5.74, 6) is -1.09. The lowest BCUT2D eigenvalue weighted by molar-refractivity contribution is -0.141. The normalized spacial score (nSPS) is 22.7. The lowest BCUT2D eigenvalue weighted by Gasteiger charge is -2.10. The maximum atomic E-state index is 11.9. The predicted octanol–water partition coefficient (Wildman–Crippen LogP) is 2.28. The van der Waals surface area contributed by atoms with Crippen molar-refractivity contribution in [1.29, 1.82) is 0 Å². The fourth-order valence-electron chi connectivity index (χ4n) is 2.12. The van der Waals surface area contributed by atoms with E-state index < -0.39 is 11.9 Å². The largest absolute Gasteiger partial charge is 0.481 e. The van der Waals surface area contributed by atoms with Gasteiger partial charge in [0.1, 0.15) is 5.82 Å². The molecule has 1 amide bonds. The Morgan fingerprint density at radius 2 is 2.06 bits per heavy atom. The van der Waals surface area contributed by atoms with Crippen LogP contribution in [0.3, 0.4) is 0 Å². The second-order valence-electron chi connectivity index (χ2n) is 4.40. The third-order valence-corrected chi connectivity index (χ3v) is 3.60. The molecule has 0 unspecified atom stereocenters. The Kier molecular flexibility index (Phi) is 3.96. The van der Waals surface area contributed by atoms with Gasteiger partial charge in [0, 0.05) is 16.6 Å². The summed E-state index contributed by atoms with van der Waals surface area (Å²) in [7, 11) is 0. The van der Waals surface area contributed by atoms with E-state index in [1.807, 2.05) is 0 Å². The number of hydrogen-bond acceptors (Lipinski definition) is 3. The molecule has 1 saturated carbocycles. The van der Waals surface area contributed by atoms with Crippen LogP contribution < -0.4 is 5.32 Å². The van der Waals surface area contributed by atoms with Crippen LogP contribution in [-0.4, -0.2) is 22.0 Å². The molecule has 0 aliphatic heterocycles. The molecule has 0 radical (unpaired) electrons. The van der Waals surface area contributed by atoms with Crippen molar-refractivity contribution in [2.75, 3.05) is 5.32 Å². The number of rotatable bonds is 3. The molecule has 0 bridgehead atoms. The van der Waals surface area contributed by atoms with Crippen molar-refractivity contribution in [3.63, 3.8) is 0 Å². The summed E-state index contributed by atoms with van der Waals surface area (Å²) < 4.78 is 0.840. The number of nitrogens with one attached hydrogen (secondary N) is 1. The molecule has 1 aliphatic rings. The molecule has 1 aromatic heterocycles. The van der Waals surface area contributed by atoms with Gasteiger partial charge in [-0.05, 0) is 47.3 Å². The van der Waals surface area contributed by atoms with Gasteiger partial charge in [-0.15, -0.1) is 0 Å². The van der Waals surface area contributed by atoms with Crippen molar-refractivity contribution in [3.05, 3.63) is 22.8 Å². The second-order valence-corrected chi connectivity index (χ2v) is 5.31. The molecule has 2 rings (SSSR count). The Bertz CT molecular complexity index is 461. The molecule has 96 valence electrons. The number of hydrogen-bond donors (Lipinski definition) is 2. The number of aromatic nitrogens is 1. The number of aliphatic carboxylic acids is 1. The number of amides is 1. The summed E-state index contributed by atoms with van der Waals surface area (Å²) >= 11 is 3.26. The first kappa shape index (κ1) is 13.0. The zero-order valence-electron chi connectivity index (χ0n) is 9.60. The minimum absolute atomic E-state index is 0.145. The molecule has 1 aromatic rings. The van der Waals surface area contributed by atoms with Gasteiger partial charge in [-0.1, -0.05) is 0 Å². The van der Waals surface area contributed by atoms with Gasteiger partial charge in [0.05, 0.1) is 5.92 Å². The van der Waals surface area contributed by atoms with Crippen molar-refractivity contribution in [3.8, 4) is 0 Å². The minimum Gasteiger partial charge on any atom is -0.481 e. The highest BCUT2D eigenvalue weighted by molar-refractivity contribution is 9.10. The first-order valence-electron chi connectivity index (χ1n) is 5.71. The first-order chi connectivity index (χ1) is 8.56. The highest BCUT2D eigenvalue weighted by Gasteiger charge is 2.33. The van der Waals surface area contributed by atoms with Crippen molar-refractivity contribution in [1.82, 2.24) is 4.98 Å². The number of carboxylic acid groups (broad SMARTS) is 1. The van der Waals surface area contributed by atoms with E-state index in [2.05, 4.69) is 26.2 Å². The molecule has 1 aliphatic carbocycles. The van der Waals surface area contributed by atoms with Gasteiger partial charge < -0.3 is 10.4 Å². The maximum Gasteiger partial charge on any atom is 0.306 e. The highest BCUT2D eigenvalue weighted by Crippen LogP contribution is 2.31. The predicted molar refractivity (Wildman–Crippen MR) is 69.0 cm³/mol. The summed E-state index contributed by atoms with van der Waals surface area (Å²) in [6, 6.07) is 3.49. The Morgan fingerprint density at radius 1 is 1.33 bits per heavy atom. The second kappa shape index (κ2) is 5.48. The van der Waals surface area contributed by atoms with Gasteiger partial charge in [-0.3, -0.25) is 9.59 Å². The lowest BCUT2D eigenvalue weighted by atomic mass is 10.0. The molecule has 0 aromatic carbocycles. The number of anilines is 1. The van der Waals surface area contributed by atoms with Crippen molar-refractivity contribution in [2.45, 2.75) is 19.3 Å². The molecule has 2 atom stereocenters. The van der Waals surface area contributed by atoms with Crippen LogP contribution in [0.4, 0.5) is 5.82 Å². The number of carbonyl (C=O) groups excluding carboxylic acids is 1. The SMILES string of the molecule is O=C(O)[C@H]1CC[C@H](C(=O)Nc2ccc(Br)cn2)C1. The van der Waals surface area contributed by atoms with E-state index in [4.69, 9.17) is 5.11 Å². The van der Waals surface area contributed by atoms with Crippen LogP contribution in [0.2, 0.25) is 0 Å². The number of nitrogens with zero attached hydrogens (tertiary/aromatic N) is 1. The van der Waals surface area contributed by atoms with E-state index >= 15 is 0 Å². The summed E-state index contributed by atoms with van der Waals surface area (Å²) in [5.41, 5.74) is 0. The summed E-state index contributed by atoms with van der Waals surface area (Å²) in [5, 5.41) is 11.6. The Morgan fingerprint density at radius 3 is 2.61 bits per heavy atom. The molecular weight excluding hydrogens is 300 g/mol. The zero-order chi connectivity index (χ0) is 13.1. The van der Waals surface area contributed by atoms with Crippen LogP contribution in [0, 0.1) is 11.8 Å². The number of pyridine rings is 1. The van der Waals surface area contributed by atoms with Crippen LogP contribution in [0.15, 0.2) is 22.8 Å². The molecule has 5 nitrogen and oxygen atoms in total.